The SMILES string of the molecule is Nc1ccc(C(=O)O)c(S(=O)(=O)O)c1C(=O)O. The molecule has 0 spiro atoms. The maximum absolute atomic E-state index is 11.0. The minimum atomic E-state index is -5.02. The van der Waals surface area contributed by atoms with Crippen LogP contribution in [0.1, 0.15) is 20.7 Å². The second kappa shape index (κ2) is 4.03. The molecule has 0 saturated carbocycles. The Morgan fingerprint density at radius 1 is 1.12 bits per heavy atom. The van der Waals surface area contributed by atoms with Crippen LogP contribution in [0, 0.1) is 0 Å². The summed E-state index contributed by atoms with van der Waals surface area (Å²) in [5.41, 5.74) is 2.95. The third-order valence-corrected chi connectivity index (χ3v) is 2.83. The van der Waals surface area contributed by atoms with E-state index in [-0.39, 0.29) is 0 Å². The van der Waals surface area contributed by atoms with E-state index in [1.165, 1.54) is 0 Å². The van der Waals surface area contributed by atoms with E-state index in [0.717, 1.165) is 12.1 Å². The molecule has 9 heteroatoms. The topological polar surface area (TPSA) is 155 Å². The summed E-state index contributed by atoms with van der Waals surface area (Å²) >= 11 is 0. The van der Waals surface area contributed by atoms with Gasteiger partial charge in [0.2, 0.25) is 0 Å². The fourth-order valence-electron chi connectivity index (χ4n) is 1.25. The zero-order valence-electron chi connectivity index (χ0n) is 8.11. The number of aromatic carboxylic acids is 2. The van der Waals surface area contributed by atoms with Gasteiger partial charge in [0.05, 0.1) is 5.56 Å². The number of nitrogens with two attached hydrogens (primary N) is 1. The first-order valence-electron chi connectivity index (χ1n) is 4.02. The first kappa shape index (κ1) is 12.9. The molecule has 1 rings (SSSR count). The Kier molecular flexibility index (Phi) is 3.07. The summed E-state index contributed by atoms with van der Waals surface area (Å²) in [6.45, 7) is 0. The summed E-state index contributed by atoms with van der Waals surface area (Å²) in [6.07, 6.45) is 0. The first-order chi connectivity index (χ1) is 7.66. The van der Waals surface area contributed by atoms with Crippen molar-refractivity contribution >= 4 is 27.7 Å². The van der Waals surface area contributed by atoms with Crippen LogP contribution in [0.2, 0.25) is 0 Å². The van der Waals surface area contributed by atoms with Gasteiger partial charge >= 0.3 is 11.9 Å². The lowest BCUT2D eigenvalue weighted by atomic mass is 10.1. The molecule has 0 unspecified atom stereocenters. The number of carboxylic acid groups (broad SMARTS) is 2. The minimum absolute atomic E-state index is 0.463. The second-order valence-corrected chi connectivity index (χ2v) is 4.35. The maximum Gasteiger partial charge on any atom is 0.339 e. The Morgan fingerprint density at radius 3 is 2.00 bits per heavy atom. The van der Waals surface area contributed by atoms with Crippen molar-refractivity contribution in [2.75, 3.05) is 5.73 Å². The summed E-state index contributed by atoms with van der Waals surface area (Å²) in [6, 6.07) is 1.73. The number of carbonyl (C=O) groups is 2. The summed E-state index contributed by atoms with van der Waals surface area (Å²) in [4.78, 5) is 20.3. The van der Waals surface area contributed by atoms with E-state index in [1.807, 2.05) is 0 Å². The Balaban J connectivity index is 3.88. The molecule has 0 heterocycles. The highest BCUT2D eigenvalue weighted by Crippen LogP contribution is 2.26. The molecule has 0 aromatic heterocycles. The van der Waals surface area contributed by atoms with Gasteiger partial charge in [0, 0.05) is 5.69 Å². The normalized spacial score (nSPS) is 11.1. The average Bonchev–Trinajstić information content (AvgIpc) is 2.14. The number of benzene rings is 1. The van der Waals surface area contributed by atoms with Gasteiger partial charge in [-0.3, -0.25) is 4.55 Å². The maximum atomic E-state index is 11.0. The van der Waals surface area contributed by atoms with Gasteiger partial charge in [-0.15, -0.1) is 0 Å². The lowest BCUT2D eigenvalue weighted by Gasteiger charge is -2.09. The van der Waals surface area contributed by atoms with Crippen molar-refractivity contribution in [2.24, 2.45) is 0 Å². The molecular formula is C8H7NO7S. The van der Waals surface area contributed by atoms with Gasteiger partial charge < -0.3 is 15.9 Å². The van der Waals surface area contributed by atoms with Crippen molar-refractivity contribution in [3.05, 3.63) is 23.3 Å². The molecule has 0 aliphatic heterocycles. The van der Waals surface area contributed by atoms with Crippen LogP contribution >= 0.6 is 0 Å². The predicted molar refractivity (Wildman–Crippen MR) is 54.6 cm³/mol. The van der Waals surface area contributed by atoms with E-state index < -0.39 is 43.8 Å². The van der Waals surface area contributed by atoms with Gasteiger partial charge in [-0.2, -0.15) is 8.42 Å². The van der Waals surface area contributed by atoms with E-state index in [1.54, 1.807) is 0 Å². The fourth-order valence-corrected chi connectivity index (χ4v) is 2.15. The summed E-state index contributed by atoms with van der Waals surface area (Å²) in [5, 5.41) is 17.5. The minimum Gasteiger partial charge on any atom is -0.478 e. The molecule has 0 radical (unpaired) electrons. The Morgan fingerprint density at radius 2 is 1.65 bits per heavy atom. The molecule has 1 aromatic rings. The summed E-state index contributed by atoms with van der Waals surface area (Å²) in [7, 11) is -5.02. The molecule has 8 nitrogen and oxygen atoms in total. The smallest absolute Gasteiger partial charge is 0.339 e. The van der Waals surface area contributed by atoms with Crippen LogP contribution < -0.4 is 5.73 Å². The van der Waals surface area contributed by atoms with Crippen LogP contribution in [0.5, 0.6) is 0 Å². The third-order valence-electron chi connectivity index (χ3n) is 1.89. The van der Waals surface area contributed by atoms with Gasteiger partial charge in [-0.25, -0.2) is 9.59 Å². The number of anilines is 1. The molecule has 0 saturated heterocycles. The van der Waals surface area contributed by atoms with Gasteiger partial charge in [-0.1, -0.05) is 0 Å². The molecule has 0 aliphatic carbocycles. The quantitative estimate of drug-likeness (QED) is 0.434. The van der Waals surface area contributed by atoms with Crippen molar-refractivity contribution < 1.29 is 32.8 Å². The molecule has 0 bridgehead atoms. The number of hydrogen-bond acceptors (Lipinski definition) is 5. The monoisotopic (exact) mass is 261 g/mol. The predicted octanol–water partition coefficient (Wildman–Crippen LogP) is -0.0881. The fraction of sp³-hybridized carbons (Fsp3) is 0. The summed E-state index contributed by atoms with van der Waals surface area (Å²) < 4.78 is 30.9. The Labute approximate surface area is 95.0 Å². The van der Waals surface area contributed by atoms with Gasteiger partial charge in [0.1, 0.15) is 10.5 Å². The van der Waals surface area contributed by atoms with E-state index in [0.29, 0.717) is 0 Å². The van der Waals surface area contributed by atoms with E-state index >= 15 is 0 Å². The molecule has 1 aromatic carbocycles. The average molecular weight is 261 g/mol. The van der Waals surface area contributed by atoms with Crippen molar-refractivity contribution in [1.29, 1.82) is 0 Å². The largest absolute Gasteiger partial charge is 0.478 e. The Bertz CT molecular complexity index is 605. The highest BCUT2D eigenvalue weighted by Gasteiger charge is 2.29. The molecule has 0 amide bonds. The van der Waals surface area contributed by atoms with Crippen molar-refractivity contribution in [3.63, 3.8) is 0 Å². The van der Waals surface area contributed by atoms with E-state index in [2.05, 4.69) is 0 Å². The number of nitrogen functional groups attached to an aromatic ring is 1. The van der Waals surface area contributed by atoms with Crippen molar-refractivity contribution in [2.45, 2.75) is 4.90 Å². The van der Waals surface area contributed by atoms with Crippen molar-refractivity contribution in [3.8, 4) is 0 Å². The summed E-state index contributed by atoms with van der Waals surface area (Å²) in [5.74, 6) is -3.45. The van der Waals surface area contributed by atoms with Crippen molar-refractivity contribution in [1.82, 2.24) is 0 Å². The third kappa shape index (κ3) is 2.34. The first-order valence-corrected chi connectivity index (χ1v) is 5.46. The van der Waals surface area contributed by atoms with Crippen LogP contribution in [0.3, 0.4) is 0 Å². The zero-order chi connectivity index (χ0) is 13.4. The van der Waals surface area contributed by atoms with Gasteiger partial charge in [0.25, 0.3) is 10.1 Å². The highest BCUT2D eigenvalue weighted by atomic mass is 32.2. The molecule has 0 atom stereocenters. The molecule has 92 valence electrons. The van der Waals surface area contributed by atoms with E-state index in [9.17, 15) is 18.0 Å². The van der Waals surface area contributed by atoms with Crippen LogP contribution in [0.4, 0.5) is 5.69 Å². The van der Waals surface area contributed by atoms with Crippen LogP contribution in [0.15, 0.2) is 17.0 Å². The molecule has 0 fully saturated rings. The lowest BCUT2D eigenvalue weighted by Crippen LogP contribution is -2.16. The number of hydrogen-bond donors (Lipinski definition) is 4. The molecule has 0 aliphatic rings. The number of rotatable bonds is 3. The van der Waals surface area contributed by atoms with Gasteiger partial charge in [0.15, 0.2) is 0 Å². The second-order valence-electron chi connectivity index (χ2n) is 2.99. The highest BCUT2D eigenvalue weighted by molar-refractivity contribution is 7.86. The Hall–Kier alpha value is -2.13. The molecular weight excluding hydrogens is 254 g/mol. The van der Waals surface area contributed by atoms with Crippen LogP contribution in [-0.4, -0.2) is 35.1 Å². The number of carboxylic acids is 2. The van der Waals surface area contributed by atoms with Crippen LogP contribution in [-0.2, 0) is 10.1 Å². The molecule has 5 N–H and O–H groups in total. The zero-order valence-corrected chi connectivity index (χ0v) is 8.93. The molecule has 17 heavy (non-hydrogen) atoms. The van der Waals surface area contributed by atoms with Gasteiger partial charge in [-0.05, 0) is 12.1 Å². The van der Waals surface area contributed by atoms with Crippen LogP contribution in [0.25, 0.3) is 0 Å². The van der Waals surface area contributed by atoms with E-state index in [4.69, 9.17) is 20.5 Å². The lowest BCUT2D eigenvalue weighted by molar-refractivity contribution is 0.0689. The standard InChI is InChI=1S/C8H7NO7S/c9-4-2-1-3(7(10)11)6(17(14,15)16)5(4)8(12)13/h1-2H,9H2,(H,10,11)(H,12,13)(H,14,15,16).